The van der Waals surface area contributed by atoms with Crippen LogP contribution in [0.25, 0.3) is 11.0 Å². The molecule has 0 fully saturated rings. The summed E-state index contributed by atoms with van der Waals surface area (Å²) in [5.74, 6) is -0.582. The second-order valence-corrected chi connectivity index (χ2v) is 4.88. The number of benzene rings is 1. The summed E-state index contributed by atoms with van der Waals surface area (Å²) < 4.78 is 9.97. The summed E-state index contributed by atoms with van der Waals surface area (Å²) in [4.78, 5) is 23.1. The minimum atomic E-state index is -0.381. The molecule has 1 atom stereocenters. The van der Waals surface area contributed by atoms with Gasteiger partial charge in [0, 0.05) is 16.5 Å². The van der Waals surface area contributed by atoms with Crippen LogP contribution in [0.2, 0.25) is 5.02 Å². The van der Waals surface area contributed by atoms with Crippen LogP contribution >= 0.6 is 11.6 Å². The number of carbonyl (C=O) groups excluding carboxylic acids is 2. The molecule has 1 amide bonds. The third-order valence-corrected chi connectivity index (χ3v) is 3.02. The molecule has 2 rings (SSSR count). The number of nitrogens with one attached hydrogen (secondary N) is 1. The zero-order valence-electron chi connectivity index (χ0n) is 11.1. The lowest BCUT2D eigenvalue weighted by Crippen LogP contribution is -2.34. The third kappa shape index (κ3) is 3.30. The van der Waals surface area contributed by atoms with Crippen molar-refractivity contribution in [1.82, 2.24) is 5.32 Å². The van der Waals surface area contributed by atoms with Gasteiger partial charge in [-0.1, -0.05) is 11.6 Å². The SMILES string of the molecule is COC(=O)CC(C)NC(=O)c1cc2cc(Cl)ccc2o1. The van der Waals surface area contributed by atoms with Gasteiger partial charge in [-0.2, -0.15) is 0 Å². The molecule has 1 N–H and O–H groups in total. The van der Waals surface area contributed by atoms with Gasteiger partial charge < -0.3 is 14.5 Å². The Kier molecular flexibility index (Phi) is 4.29. The molecule has 2 aromatic rings. The first-order valence-corrected chi connectivity index (χ1v) is 6.44. The predicted octanol–water partition coefficient (Wildman–Crippen LogP) is 2.77. The molecular weight excluding hydrogens is 282 g/mol. The molecule has 1 aromatic carbocycles. The standard InChI is InChI=1S/C14H14ClNO4/c1-8(5-13(17)19-2)16-14(18)12-7-9-6-10(15)3-4-11(9)20-12/h3-4,6-8H,5H2,1-2H3,(H,16,18). The highest BCUT2D eigenvalue weighted by atomic mass is 35.5. The van der Waals surface area contributed by atoms with Crippen LogP contribution in [0.3, 0.4) is 0 Å². The fraction of sp³-hybridized carbons (Fsp3) is 0.286. The van der Waals surface area contributed by atoms with E-state index in [9.17, 15) is 9.59 Å². The maximum atomic E-state index is 12.0. The number of esters is 1. The maximum Gasteiger partial charge on any atom is 0.307 e. The second kappa shape index (κ2) is 5.96. The van der Waals surface area contributed by atoms with Crippen LogP contribution in [-0.2, 0) is 9.53 Å². The van der Waals surface area contributed by atoms with Crippen molar-refractivity contribution in [2.24, 2.45) is 0 Å². The average molecular weight is 296 g/mol. The molecule has 0 radical (unpaired) electrons. The van der Waals surface area contributed by atoms with E-state index in [0.717, 1.165) is 5.39 Å². The summed E-state index contributed by atoms with van der Waals surface area (Å²) in [5, 5.41) is 4.00. The molecular formula is C14H14ClNO4. The van der Waals surface area contributed by atoms with Gasteiger partial charge in [0.2, 0.25) is 0 Å². The summed E-state index contributed by atoms with van der Waals surface area (Å²) in [6.45, 7) is 1.72. The Morgan fingerprint density at radius 3 is 2.85 bits per heavy atom. The average Bonchev–Trinajstić information content (AvgIpc) is 2.81. The summed E-state index contributed by atoms with van der Waals surface area (Å²) >= 11 is 5.87. The van der Waals surface area contributed by atoms with Crippen molar-refractivity contribution in [2.75, 3.05) is 7.11 Å². The lowest BCUT2D eigenvalue weighted by Gasteiger charge is -2.10. The highest BCUT2D eigenvalue weighted by Gasteiger charge is 2.16. The number of methoxy groups -OCH3 is 1. The first-order valence-electron chi connectivity index (χ1n) is 6.06. The van der Waals surface area contributed by atoms with Gasteiger partial charge in [0.05, 0.1) is 13.5 Å². The second-order valence-electron chi connectivity index (χ2n) is 4.45. The number of furan rings is 1. The van der Waals surface area contributed by atoms with E-state index in [-0.39, 0.29) is 30.1 Å². The van der Waals surface area contributed by atoms with Crippen molar-refractivity contribution in [2.45, 2.75) is 19.4 Å². The minimum absolute atomic E-state index is 0.105. The molecule has 0 aliphatic rings. The molecule has 0 aliphatic carbocycles. The minimum Gasteiger partial charge on any atom is -0.469 e. The molecule has 5 nitrogen and oxygen atoms in total. The van der Waals surface area contributed by atoms with Crippen molar-refractivity contribution in [1.29, 1.82) is 0 Å². The maximum absolute atomic E-state index is 12.0. The van der Waals surface area contributed by atoms with E-state index >= 15 is 0 Å². The Morgan fingerprint density at radius 2 is 2.15 bits per heavy atom. The topological polar surface area (TPSA) is 68.5 Å². The zero-order valence-corrected chi connectivity index (χ0v) is 11.9. The molecule has 1 unspecified atom stereocenters. The highest BCUT2D eigenvalue weighted by molar-refractivity contribution is 6.31. The van der Waals surface area contributed by atoms with Gasteiger partial charge in [-0.3, -0.25) is 9.59 Å². The Hall–Kier alpha value is -2.01. The van der Waals surface area contributed by atoms with E-state index in [0.29, 0.717) is 10.6 Å². The van der Waals surface area contributed by atoms with E-state index in [4.69, 9.17) is 16.0 Å². The Labute approximate surface area is 120 Å². The van der Waals surface area contributed by atoms with Crippen molar-refractivity contribution >= 4 is 34.4 Å². The Morgan fingerprint density at radius 1 is 1.40 bits per heavy atom. The highest BCUT2D eigenvalue weighted by Crippen LogP contribution is 2.23. The molecule has 0 spiro atoms. The Balaban J connectivity index is 2.09. The quantitative estimate of drug-likeness (QED) is 0.881. The number of carbonyl (C=O) groups is 2. The van der Waals surface area contributed by atoms with E-state index in [2.05, 4.69) is 10.1 Å². The summed E-state index contributed by atoms with van der Waals surface area (Å²) in [5.41, 5.74) is 0.583. The number of rotatable bonds is 4. The fourth-order valence-electron chi connectivity index (χ4n) is 1.81. The van der Waals surface area contributed by atoms with Crippen LogP contribution in [0.15, 0.2) is 28.7 Å². The van der Waals surface area contributed by atoms with E-state index < -0.39 is 0 Å². The molecule has 6 heteroatoms. The van der Waals surface area contributed by atoms with E-state index in [1.165, 1.54) is 7.11 Å². The number of hydrogen-bond acceptors (Lipinski definition) is 4. The van der Waals surface area contributed by atoms with Crippen molar-refractivity contribution < 1.29 is 18.7 Å². The molecule has 1 heterocycles. The number of fused-ring (bicyclic) bond motifs is 1. The van der Waals surface area contributed by atoms with Crippen LogP contribution in [0.4, 0.5) is 0 Å². The number of amides is 1. The number of halogens is 1. The van der Waals surface area contributed by atoms with Gasteiger partial charge in [-0.15, -0.1) is 0 Å². The largest absolute Gasteiger partial charge is 0.469 e. The first kappa shape index (κ1) is 14.4. The van der Waals surface area contributed by atoms with Crippen molar-refractivity contribution in [3.63, 3.8) is 0 Å². The fourth-order valence-corrected chi connectivity index (χ4v) is 1.99. The smallest absolute Gasteiger partial charge is 0.307 e. The van der Waals surface area contributed by atoms with E-state index in [1.54, 1.807) is 31.2 Å². The zero-order chi connectivity index (χ0) is 14.7. The number of ether oxygens (including phenoxy) is 1. The normalized spacial score (nSPS) is 12.2. The van der Waals surface area contributed by atoms with E-state index in [1.807, 2.05) is 0 Å². The van der Waals surface area contributed by atoms with Gasteiger partial charge in [0.25, 0.3) is 5.91 Å². The molecule has 1 aromatic heterocycles. The van der Waals surface area contributed by atoms with Crippen LogP contribution in [0.1, 0.15) is 23.9 Å². The van der Waals surface area contributed by atoms with Gasteiger partial charge in [-0.05, 0) is 31.2 Å². The van der Waals surface area contributed by atoms with Crippen molar-refractivity contribution in [3.05, 3.63) is 35.0 Å². The predicted molar refractivity (Wildman–Crippen MR) is 74.8 cm³/mol. The van der Waals surface area contributed by atoms with Crippen LogP contribution in [0.5, 0.6) is 0 Å². The van der Waals surface area contributed by atoms with Crippen LogP contribution in [0, 0.1) is 0 Å². The monoisotopic (exact) mass is 295 g/mol. The van der Waals surface area contributed by atoms with Gasteiger partial charge in [0.1, 0.15) is 5.58 Å². The lowest BCUT2D eigenvalue weighted by atomic mass is 10.2. The van der Waals surface area contributed by atoms with Gasteiger partial charge >= 0.3 is 5.97 Å². The summed E-state index contributed by atoms with van der Waals surface area (Å²) in [6, 6.07) is 6.38. The molecule has 0 saturated heterocycles. The molecule has 0 saturated carbocycles. The lowest BCUT2D eigenvalue weighted by molar-refractivity contribution is -0.141. The van der Waals surface area contributed by atoms with Gasteiger partial charge in [0.15, 0.2) is 5.76 Å². The molecule has 106 valence electrons. The number of hydrogen-bond donors (Lipinski definition) is 1. The molecule has 20 heavy (non-hydrogen) atoms. The summed E-state index contributed by atoms with van der Waals surface area (Å²) in [6.07, 6.45) is 0.105. The molecule has 0 aliphatic heterocycles. The van der Waals surface area contributed by atoms with Crippen LogP contribution in [-0.4, -0.2) is 25.0 Å². The van der Waals surface area contributed by atoms with Crippen molar-refractivity contribution in [3.8, 4) is 0 Å². The molecule has 0 bridgehead atoms. The van der Waals surface area contributed by atoms with Crippen LogP contribution < -0.4 is 5.32 Å². The summed E-state index contributed by atoms with van der Waals surface area (Å²) in [7, 11) is 1.31. The van der Waals surface area contributed by atoms with Gasteiger partial charge in [-0.25, -0.2) is 0 Å². The first-order chi connectivity index (χ1) is 9.49. The Bertz CT molecular complexity index is 650. The third-order valence-electron chi connectivity index (χ3n) is 2.78.